The van der Waals surface area contributed by atoms with Crippen LogP contribution in [-0.2, 0) is 6.42 Å². The van der Waals surface area contributed by atoms with E-state index in [0.29, 0.717) is 12.1 Å². The fraction of sp³-hybridized carbons (Fsp3) is 0.278. The first-order valence-electron chi connectivity index (χ1n) is 7.14. The molecule has 22 heavy (non-hydrogen) atoms. The minimum atomic E-state index is -0.0311. The third kappa shape index (κ3) is 5.25. The second-order valence-corrected chi connectivity index (χ2v) is 7.99. The number of hydrogen-bond donors (Lipinski definition) is 1. The molecule has 1 amide bonds. The largest absolute Gasteiger partial charge is 0.351 e. The summed E-state index contributed by atoms with van der Waals surface area (Å²) < 4.78 is 2.05. The Morgan fingerprint density at radius 3 is 2.00 bits per heavy atom. The van der Waals surface area contributed by atoms with E-state index in [-0.39, 0.29) is 11.3 Å². The summed E-state index contributed by atoms with van der Waals surface area (Å²) in [5.74, 6) is -0.0311. The molecule has 0 atom stereocenters. The summed E-state index contributed by atoms with van der Waals surface area (Å²) in [6, 6.07) is 15.7. The van der Waals surface area contributed by atoms with Crippen LogP contribution in [0.2, 0.25) is 0 Å². The van der Waals surface area contributed by atoms with Crippen molar-refractivity contribution in [3.8, 4) is 0 Å². The molecule has 2 aromatic rings. The van der Waals surface area contributed by atoms with Gasteiger partial charge in [-0.2, -0.15) is 0 Å². The van der Waals surface area contributed by atoms with E-state index in [0.717, 1.165) is 15.4 Å². The molecule has 2 aromatic carbocycles. The lowest BCUT2D eigenvalue weighted by atomic mass is 9.85. The molecular weight excluding hydrogens is 406 g/mol. The molecule has 1 N–H and O–H groups in total. The summed E-state index contributed by atoms with van der Waals surface area (Å²) in [4.78, 5) is 12.2. The maximum Gasteiger partial charge on any atom is 0.251 e. The van der Waals surface area contributed by atoms with Gasteiger partial charge in [-0.15, -0.1) is 0 Å². The van der Waals surface area contributed by atoms with Gasteiger partial charge in [0.2, 0.25) is 0 Å². The monoisotopic (exact) mass is 423 g/mol. The second kappa shape index (κ2) is 7.42. The van der Waals surface area contributed by atoms with E-state index in [9.17, 15) is 4.79 Å². The lowest BCUT2D eigenvalue weighted by Gasteiger charge is -2.25. The van der Waals surface area contributed by atoms with Gasteiger partial charge in [0.05, 0.1) is 0 Å². The van der Waals surface area contributed by atoms with Gasteiger partial charge in [-0.25, -0.2) is 0 Å². The average Bonchev–Trinajstić information content (AvgIpc) is 2.48. The zero-order valence-corrected chi connectivity index (χ0v) is 15.9. The minimum absolute atomic E-state index is 0.00114. The highest BCUT2D eigenvalue weighted by Crippen LogP contribution is 2.22. The Morgan fingerprint density at radius 2 is 1.45 bits per heavy atom. The van der Waals surface area contributed by atoms with E-state index in [2.05, 4.69) is 63.2 Å². The van der Waals surface area contributed by atoms with Gasteiger partial charge in [0.1, 0.15) is 0 Å². The van der Waals surface area contributed by atoms with Crippen molar-refractivity contribution < 1.29 is 4.79 Å². The molecule has 0 aliphatic carbocycles. The van der Waals surface area contributed by atoms with Gasteiger partial charge in [-0.3, -0.25) is 4.79 Å². The zero-order chi connectivity index (χ0) is 16.2. The molecule has 0 heterocycles. The van der Waals surface area contributed by atoms with Crippen molar-refractivity contribution in [2.75, 3.05) is 6.54 Å². The van der Waals surface area contributed by atoms with Crippen LogP contribution in [0.1, 0.15) is 29.8 Å². The number of benzene rings is 2. The summed E-state index contributed by atoms with van der Waals surface area (Å²) >= 11 is 6.82. The van der Waals surface area contributed by atoms with Gasteiger partial charge in [0, 0.05) is 21.1 Å². The number of halogens is 2. The normalized spacial score (nSPS) is 11.3. The Hall–Kier alpha value is -1.13. The first-order chi connectivity index (χ1) is 10.4. The van der Waals surface area contributed by atoms with Crippen molar-refractivity contribution in [2.24, 2.45) is 5.41 Å². The SMILES string of the molecule is CC(C)(CNC(=O)c1ccc(Br)cc1)Cc1ccc(Br)cc1. The van der Waals surface area contributed by atoms with E-state index in [1.165, 1.54) is 5.56 Å². The molecule has 0 saturated heterocycles. The third-order valence-electron chi connectivity index (χ3n) is 3.43. The predicted octanol–water partition coefficient (Wildman–Crippen LogP) is 5.21. The molecule has 0 aliphatic rings. The zero-order valence-electron chi connectivity index (χ0n) is 12.7. The molecule has 0 bridgehead atoms. The summed E-state index contributed by atoms with van der Waals surface area (Å²) in [7, 11) is 0. The van der Waals surface area contributed by atoms with E-state index in [1.807, 2.05) is 36.4 Å². The molecule has 0 aromatic heterocycles. The van der Waals surface area contributed by atoms with Gasteiger partial charge < -0.3 is 5.32 Å². The van der Waals surface area contributed by atoms with Crippen LogP contribution in [0.3, 0.4) is 0 Å². The summed E-state index contributed by atoms with van der Waals surface area (Å²) in [5.41, 5.74) is 1.95. The summed E-state index contributed by atoms with van der Waals surface area (Å²) in [5, 5.41) is 3.03. The molecule has 2 rings (SSSR count). The number of amides is 1. The number of hydrogen-bond acceptors (Lipinski definition) is 1. The Balaban J connectivity index is 1.92. The Morgan fingerprint density at radius 1 is 0.955 bits per heavy atom. The molecular formula is C18H19Br2NO. The number of carbonyl (C=O) groups is 1. The van der Waals surface area contributed by atoms with Gasteiger partial charge in [0.25, 0.3) is 5.91 Å². The van der Waals surface area contributed by atoms with Crippen molar-refractivity contribution in [2.45, 2.75) is 20.3 Å². The number of rotatable bonds is 5. The fourth-order valence-electron chi connectivity index (χ4n) is 2.24. The second-order valence-electron chi connectivity index (χ2n) is 6.16. The van der Waals surface area contributed by atoms with E-state index < -0.39 is 0 Å². The highest BCUT2D eigenvalue weighted by Gasteiger charge is 2.20. The van der Waals surface area contributed by atoms with Crippen LogP contribution >= 0.6 is 31.9 Å². The molecule has 0 saturated carbocycles. The first-order valence-corrected chi connectivity index (χ1v) is 8.73. The molecule has 0 unspecified atom stereocenters. The highest BCUT2D eigenvalue weighted by atomic mass is 79.9. The summed E-state index contributed by atoms with van der Waals surface area (Å²) in [6.45, 7) is 4.96. The Labute approximate surface area is 148 Å². The lowest BCUT2D eigenvalue weighted by molar-refractivity contribution is 0.0936. The fourth-order valence-corrected chi connectivity index (χ4v) is 2.77. The molecule has 2 nitrogen and oxygen atoms in total. The van der Waals surface area contributed by atoms with Crippen molar-refractivity contribution in [1.29, 1.82) is 0 Å². The Kier molecular flexibility index (Phi) is 5.81. The van der Waals surface area contributed by atoms with Crippen LogP contribution in [0.4, 0.5) is 0 Å². The van der Waals surface area contributed by atoms with Crippen LogP contribution in [0, 0.1) is 5.41 Å². The van der Waals surface area contributed by atoms with Crippen LogP contribution in [0.15, 0.2) is 57.5 Å². The van der Waals surface area contributed by atoms with E-state index in [4.69, 9.17) is 0 Å². The first kappa shape index (κ1) is 17.2. The van der Waals surface area contributed by atoms with Gasteiger partial charge in [-0.05, 0) is 53.8 Å². The molecule has 0 radical (unpaired) electrons. The average molecular weight is 425 g/mol. The Bertz CT molecular complexity index is 633. The maximum atomic E-state index is 12.2. The lowest BCUT2D eigenvalue weighted by Crippen LogP contribution is -2.35. The van der Waals surface area contributed by atoms with Crippen molar-refractivity contribution in [1.82, 2.24) is 5.32 Å². The van der Waals surface area contributed by atoms with Crippen LogP contribution < -0.4 is 5.32 Å². The van der Waals surface area contributed by atoms with Crippen LogP contribution in [-0.4, -0.2) is 12.5 Å². The van der Waals surface area contributed by atoms with Gasteiger partial charge in [0.15, 0.2) is 0 Å². The maximum absolute atomic E-state index is 12.2. The molecule has 4 heteroatoms. The number of nitrogens with one attached hydrogen (secondary N) is 1. The molecule has 0 aliphatic heterocycles. The van der Waals surface area contributed by atoms with Crippen LogP contribution in [0.25, 0.3) is 0 Å². The molecule has 0 spiro atoms. The highest BCUT2D eigenvalue weighted by molar-refractivity contribution is 9.10. The van der Waals surface area contributed by atoms with Gasteiger partial charge >= 0.3 is 0 Å². The van der Waals surface area contributed by atoms with Crippen LogP contribution in [0.5, 0.6) is 0 Å². The van der Waals surface area contributed by atoms with E-state index >= 15 is 0 Å². The van der Waals surface area contributed by atoms with Crippen molar-refractivity contribution in [3.05, 3.63) is 68.6 Å². The summed E-state index contributed by atoms with van der Waals surface area (Å²) in [6.07, 6.45) is 0.918. The van der Waals surface area contributed by atoms with Crippen molar-refractivity contribution >= 4 is 37.8 Å². The smallest absolute Gasteiger partial charge is 0.251 e. The van der Waals surface area contributed by atoms with E-state index in [1.54, 1.807) is 0 Å². The standard InChI is InChI=1S/C18H19Br2NO/c1-18(2,11-13-3-7-15(19)8-4-13)12-21-17(22)14-5-9-16(20)10-6-14/h3-10H,11-12H2,1-2H3,(H,21,22). The molecule has 0 fully saturated rings. The number of carbonyl (C=O) groups excluding carboxylic acids is 1. The quantitative estimate of drug-likeness (QED) is 0.701. The topological polar surface area (TPSA) is 29.1 Å². The van der Waals surface area contributed by atoms with Crippen molar-refractivity contribution in [3.63, 3.8) is 0 Å². The van der Waals surface area contributed by atoms with Gasteiger partial charge in [-0.1, -0.05) is 57.8 Å². The minimum Gasteiger partial charge on any atom is -0.351 e. The predicted molar refractivity (Wildman–Crippen MR) is 98.1 cm³/mol. The molecule has 116 valence electrons. The third-order valence-corrected chi connectivity index (χ3v) is 4.49.